The fraction of sp³-hybridized carbons (Fsp3) is 0.294. The predicted molar refractivity (Wildman–Crippen MR) is 90.7 cm³/mol. The van der Waals surface area contributed by atoms with Crippen LogP contribution in [-0.4, -0.2) is 18.7 Å². The van der Waals surface area contributed by atoms with Gasteiger partial charge in [-0.05, 0) is 40.8 Å². The highest BCUT2D eigenvalue weighted by Gasteiger charge is 2.10. The largest absolute Gasteiger partial charge is 0.483 e. The lowest BCUT2D eigenvalue weighted by Crippen LogP contribution is -2.24. The molecule has 22 heavy (non-hydrogen) atoms. The molecule has 1 heterocycles. The molecule has 1 atom stereocenters. The monoisotopic (exact) mass is 316 g/mol. The van der Waals surface area contributed by atoms with Gasteiger partial charge in [-0.1, -0.05) is 32.0 Å². The summed E-state index contributed by atoms with van der Waals surface area (Å²) in [6.45, 7) is 4.23. The molecule has 0 radical (unpaired) electrons. The van der Waals surface area contributed by atoms with Gasteiger partial charge in [0.2, 0.25) is 0 Å². The van der Waals surface area contributed by atoms with Crippen molar-refractivity contribution >= 4 is 23.5 Å². The zero-order chi connectivity index (χ0) is 15.8. The summed E-state index contributed by atoms with van der Waals surface area (Å²) >= 11 is 1.58. The van der Waals surface area contributed by atoms with Crippen molar-refractivity contribution in [1.82, 2.24) is 5.43 Å². The molecule has 0 aliphatic carbocycles. The molecule has 4 nitrogen and oxygen atoms in total. The number of nitrogens with one attached hydrogen (secondary N) is 1. The Kier molecular flexibility index (Phi) is 6.15. The Morgan fingerprint density at radius 2 is 2.23 bits per heavy atom. The summed E-state index contributed by atoms with van der Waals surface area (Å²) in [5.41, 5.74) is 4.55. The van der Waals surface area contributed by atoms with Gasteiger partial charge in [0.05, 0.1) is 6.21 Å². The zero-order valence-electron chi connectivity index (χ0n) is 12.8. The van der Waals surface area contributed by atoms with Gasteiger partial charge < -0.3 is 4.74 Å². The Balaban J connectivity index is 1.86. The van der Waals surface area contributed by atoms with E-state index in [1.807, 2.05) is 41.1 Å². The average molecular weight is 316 g/mol. The van der Waals surface area contributed by atoms with Crippen LogP contribution in [0.1, 0.15) is 37.3 Å². The molecule has 1 N–H and O–H groups in total. The number of rotatable bonds is 7. The number of hydrazone groups is 1. The van der Waals surface area contributed by atoms with E-state index in [4.69, 9.17) is 4.74 Å². The fourth-order valence-electron chi connectivity index (χ4n) is 1.94. The smallest absolute Gasteiger partial charge is 0.277 e. The molecule has 5 heteroatoms. The van der Waals surface area contributed by atoms with E-state index in [1.54, 1.807) is 17.6 Å². The molecule has 1 unspecified atom stereocenters. The first kappa shape index (κ1) is 16.2. The average Bonchev–Trinajstić information content (AvgIpc) is 3.06. The van der Waals surface area contributed by atoms with Crippen molar-refractivity contribution in [3.63, 3.8) is 0 Å². The van der Waals surface area contributed by atoms with E-state index in [1.165, 1.54) is 0 Å². The van der Waals surface area contributed by atoms with Gasteiger partial charge in [0, 0.05) is 5.56 Å². The van der Waals surface area contributed by atoms with Crippen LogP contribution in [0.25, 0.3) is 0 Å². The van der Waals surface area contributed by atoms with E-state index in [0.717, 1.165) is 23.3 Å². The van der Waals surface area contributed by atoms with Crippen molar-refractivity contribution in [3.05, 3.63) is 52.2 Å². The second-order valence-corrected chi connectivity index (χ2v) is 5.77. The molecule has 0 fully saturated rings. The number of carbonyl (C=O) groups is 1. The third kappa shape index (κ3) is 4.70. The Hall–Kier alpha value is -2.14. The molecule has 0 bridgehead atoms. The van der Waals surface area contributed by atoms with Crippen LogP contribution in [0.4, 0.5) is 0 Å². The molecule has 0 saturated carbocycles. The summed E-state index contributed by atoms with van der Waals surface area (Å²) in [5.74, 6) is 0.884. The molecule has 2 rings (SSSR count). The third-order valence-electron chi connectivity index (χ3n) is 3.37. The van der Waals surface area contributed by atoms with E-state index >= 15 is 0 Å². The Bertz CT molecular complexity index is 623. The van der Waals surface area contributed by atoms with Crippen LogP contribution in [0.5, 0.6) is 5.75 Å². The van der Waals surface area contributed by atoms with E-state index in [2.05, 4.69) is 24.4 Å². The SMILES string of the molecule is CCC(C)c1ccccc1OCC(=O)N/N=C/c1ccsc1. The van der Waals surface area contributed by atoms with Crippen LogP contribution < -0.4 is 10.2 Å². The van der Waals surface area contributed by atoms with Gasteiger partial charge in [0.15, 0.2) is 6.61 Å². The van der Waals surface area contributed by atoms with Crippen molar-refractivity contribution in [3.8, 4) is 5.75 Å². The molecule has 0 aliphatic rings. The van der Waals surface area contributed by atoms with Crippen LogP contribution in [0.15, 0.2) is 46.2 Å². The van der Waals surface area contributed by atoms with Crippen LogP contribution in [0.3, 0.4) is 0 Å². The molecule has 1 aromatic heterocycles. The standard InChI is InChI=1S/C17H20N2O2S/c1-3-13(2)15-6-4-5-7-16(15)21-11-17(20)19-18-10-14-8-9-22-12-14/h4-10,12-13H,3,11H2,1-2H3,(H,19,20)/b18-10+. The maximum atomic E-state index is 11.7. The molecule has 1 amide bonds. The second kappa shape index (κ2) is 8.34. The van der Waals surface area contributed by atoms with Gasteiger partial charge in [-0.2, -0.15) is 16.4 Å². The molecule has 0 saturated heterocycles. The molecule has 0 aliphatic heterocycles. The number of hydrogen-bond donors (Lipinski definition) is 1. The number of nitrogens with zero attached hydrogens (tertiary/aromatic N) is 1. The van der Waals surface area contributed by atoms with E-state index in [9.17, 15) is 4.79 Å². The van der Waals surface area contributed by atoms with E-state index < -0.39 is 0 Å². The lowest BCUT2D eigenvalue weighted by molar-refractivity contribution is -0.123. The Morgan fingerprint density at radius 1 is 1.41 bits per heavy atom. The van der Waals surface area contributed by atoms with Crippen LogP contribution >= 0.6 is 11.3 Å². The molecule has 2 aromatic rings. The molecule has 0 spiro atoms. The van der Waals surface area contributed by atoms with Gasteiger partial charge >= 0.3 is 0 Å². The molecular weight excluding hydrogens is 296 g/mol. The summed E-state index contributed by atoms with van der Waals surface area (Å²) < 4.78 is 5.63. The summed E-state index contributed by atoms with van der Waals surface area (Å²) in [6.07, 6.45) is 2.64. The minimum atomic E-state index is -0.273. The summed E-state index contributed by atoms with van der Waals surface area (Å²) in [4.78, 5) is 11.7. The van der Waals surface area contributed by atoms with Crippen LogP contribution in [0.2, 0.25) is 0 Å². The first-order valence-electron chi connectivity index (χ1n) is 7.26. The number of thiophene rings is 1. The third-order valence-corrected chi connectivity index (χ3v) is 4.07. The van der Waals surface area contributed by atoms with E-state index in [0.29, 0.717) is 5.92 Å². The lowest BCUT2D eigenvalue weighted by atomic mass is 9.98. The molecule has 116 valence electrons. The summed E-state index contributed by atoms with van der Waals surface area (Å²) in [5, 5.41) is 7.81. The number of benzene rings is 1. The van der Waals surface area contributed by atoms with E-state index in [-0.39, 0.29) is 12.5 Å². The number of carbonyl (C=O) groups excluding carboxylic acids is 1. The van der Waals surface area contributed by atoms with Gasteiger partial charge in [0.25, 0.3) is 5.91 Å². The van der Waals surface area contributed by atoms with Gasteiger partial charge in [-0.3, -0.25) is 4.79 Å². The normalized spacial score (nSPS) is 12.3. The molecular formula is C17H20N2O2S. The van der Waals surface area contributed by atoms with Crippen molar-refractivity contribution < 1.29 is 9.53 Å². The lowest BCUT2D eigenvalue weighted by Gasteiger charge is -2.15. The van der Waals surface area contributed by atoms with Gasteiger partial charge in [0.1, 0.15) is 5.75 Å². The highest BCUT2D eigenvalue weighted by Crippen LogP contribution is 2.28. The first-order chi connectivity index (χ1) is 10.7. The number of ether oxygens (including phenoxy) is 1. The van der Waals surface area contributed by atoms with Crippen LogP contribution in [0, 0.1) is 0 Å². The first-order valence-corrected chi connectivity index (χ1v) is 8.20. The van der Waals surface area contributed by atoms with Gasteiger partial charge in [-0.15, -0.1) is 0 Å². The van der Waals surface area contributed by atoms with Crippen molar-refractivity contribution in [2.75, 3.05) is 6.61 Å². The predicted octanol–water partition coefficient (Wildman–Crippen LogP) is 3.79. The maximum Gasteiger partial charge on any atom is 0.277 e. The highest BCUT2D eigenvalue weighted by molar-refractivity contribution is 7.08. The topological polar surface area (TPSA) is 50.7 Å². The minimum absolute atomic E-state index is 0.0472. The zero-order valence-corrected chi connectivity index (χ0v) is 13.6. The number of hydrogen-bond acceptors (Lipinski definition) is 4. The second-order valence-electron chi connectivity index (χ2n) is 4.99. The van der Waals surface area contributed by atoms with Gasteiger partial charge in [-0.25, -0.2) is 5.43 Å². The number of amides is 1. The summed E-state index contributed by atoms with van der Waals surface area (Å²) in [7, 11) is 0. The Morgan fingerprint density at radius 3 is 2.95 bits per heavy atom. The fourth-order valence-corrected chi connectivity index (χ4v) is 2.55. The van der Waals surface area contributed by atoms with Crippen molar-refractivity contribution in [2.45, 2.75) is 26.2 Å². The minimum Gasteiger partial charge on any atom is -0.483 e. The number of para-hydroxylation sites is 1. The van der Waals surface area contributed by atoms with Crippen molar-refractivity contribution in [1.29, 1.82) is 0 Å². The molecule has 1 aromatic carbocycles. The maximum absolute atomic E-state index is 11.7. The van der Waals surface area contributed by atoms with Crippen molar-refractivity contribution in [2.24, 2.45) is 5.10 Å². The highest BCUT2D eigenvalue weighted by atomic mass is 32.1. The summed E-state index contributed by atoms with van der Waals surface area (Å²) in [6, 6.07) is 9.76. The van der Waals surface area contributed by atoms with Crippen LogP contribution in [-0.2, 0) is 4.79 Å². The Labute approximate surface area is 134 Å². The quantitative estimate of drug-likeness (QED) is 0.624.